The van der Waals surface area contributed by atoms with Gasteiger partial charge < -0.3 is 20.1 Å². The van der Waals surface area contributed by atoms with Gasteiger partial charge in [0, 0.05) is 25.4 Å². The number of guanidine groups is 1. The third-order valence-electron chi connectivity index (χ3n) is 4.26. The number of benzene rings is 1. The minimum atomic E-state index is 0.519. The number of ether oxygens (including phenoxy) is 2. The van der Waals surface area contributed by atoms with E-state index < -0.39 is 0 Å². The van der Waals surface area contributed by atoms with Crippen LogP contribution in [0.5, 0.6) is 17.4 Å². The third-order valence-corrected chi connectivity index (χ3v) is 4.26. The minimum absolute atomic E-state index is 0.519. The molecule has 26 heavy (non-hydrogen) atoms. The Bertz CT molecular complexity index is 725. The molecule has 1 fully saturated rings. The molecule has 1 saturated heterocycles. The van der Waals surface area contributed by atoms with Crippen molar-refractivity contribution in [2.75, 3.05) is 19.7 Å². The van der Waals surface area contributed by atoms with Gasteiger partial charge >= 0.3 is 0 Å². The van der Waals surface area contributed by atoms with Gasteiger partial charge in [0.2, 0.25) is 5.88 Å². The lowest BCUT2D eigenvalue weighted by Crippen LogP contribution is -2.40. The molecule has 1 aliphatic rings. The second-order valence-electron chi connectivity index (χ2n) is 6.21. The molecule has 0 spiro atoms. The van der Waals surface area contributed by atoms with Gasteiger partial charge in [-0.15, -0.1) is 0 Å². The van der Waals surface area contributed by atoms with Crippen LogP contribution in [-0.4, -0.2) is 35.5 Å². The molecule has 2 heterocycles. The van der Waals surface area contributed by atoms with Crippen molar-refractivity contribution >= 4 is 5.96 Å². The van der Waals surface area contributed by atoms with E-state index in [0.29, 0.717) is 36.5 Å². The van der Waals surface area contributed by atoms with Crippen LogP contribution in [0.4, 0.5) is 0 Å². The fourth-order valence-electron chi connectivity index (χ4n) is 2.88. The Balaban J connectivity index is 1.60. The minimum Gasteiger partial charge on any atom is -0.490 e. The first-order valence-electron chi connectivity index (χ1n) is 9.15. The van der Waals surface area contributed by atoms with Gasteiger partial charge in [-0.2, -0.15) is 0 Å². The topological polar surface area (TPSA) is 73.0 Å². The van der Waals surface area contributed by atoms with E-state index in [2.05, 4.69) is 14.9 Å². The Morgan fingerprint density at radius 1 is 1.12 bits per heavy atom. The molecule has 0 radical (unpaired) electrons. The first-order valence-corrected chi connectivity index (χ1v) is 9.15. The van der Waals surface area contributed by atoms with Crippen molar-refractivity contribution in [2.45, 2.75) is 32.7 Å². The summed E-state index contributed by atoms with van der Waals surface area (Å²) in [5.74, 6) is 2.51. The number of rotatable bonds is 6. The van der Waals surface area contributed by atoms with Crippen molar-refractivity contribution in [1.82, 2.24) is 9.88 Å². The Morgan fingerprint density at radius 2 is 1.88 bits per heavy atom. The van der Waals surface area contributed by atoms with Crippen molar-refractivity contribution in [2.24, 2.45) is 10.7 Å². The standard InChI is InChI=1S/C20H26N4O2/c1-2-25-17-8-4-5-9-18(17)26-19-11-10-16(14-22-19)15-23-20(21)24-12-6-3-7-13-24/h4-5,8-11,14H,2-3,6-7,12-13,15H2,1H3,(H2,21,23). The van der Waals surface area contributed by atoms with E-state index >= 15 is 0 Å². The van der Waals surface area contributed by atoms with E-state index in [0.717, 1.165) is 18.7 Å². The molecule has 0 aliphatic carbocycles. The number of likely N-dealkylation sites (tertiary alicyclic amines) is 1. The second-order valence-corrected chi connectivity index (χ2v) is 6.21. The number of aromatic nitrogens is 1. The van der Waals surface area contributed by atoms with E-state index in [1.54, 1.807) is 6.20 Å². The van der Waals surface area contributed by atoms with Gasteiger partial charge in [-0.05, 0) is 43.9 Å². The maximum atomic E-state index is 6.09. The molecule has 0 bridgehead atoms. The van der Waals surface area contributed by atoms with Gasteiger partial charge in [0.1, 0.15) is 0 Å². The molecule has 3 rings (SSSR count). The number of hydrogen-bond donors (Lipinski definition) is 1. The van der Waals surface area contributed by atoms with Crippen LogP contribution in [0.3, 0.4) is 0 Å². The fraction of sp³-hybridized carbons (Fsp3) is 0.400. The Morgan fingerprint density at radius 3 is 2.58 bits per heavy atom. The average molecular weight is 354 g/mol. The van der Waals surface area contributed by atoms with Crippen LogP contribution in [0.1, 0.15) is 31.7 Å². The highest BCUT2D eigenvalue weighted by Crippen LogP contribution is 2.30. The molecule has 1 aromatic heterocycles. The summed E-state index contributed by atoms with van der Waals surface area (Å²) in [5, 5.41) is 0. The van der Waals surface area contributed by atoms with Crippen LogP contribution in [0.2, 0.25) is 0 Å². The molecule has 0 saturated carbocycles. The van der Waals surface area contributed by atoms with Crippen LogP contribution >= 0.6 is 0 Å². The quantitative estimate of drug-likeness (QED) is 0.634. The van der Waals surface area contributed by atoms with Crippen molar-refractivity contribution in [3.63, 3.8) is 0 Å². The van der Waals surface area contributed by atoms with Crippen LogP contribution in [0, 0.1) is 0 Å². The summed E-state index contributed by atoms with van der Waals surface area (Å²) < 4.78 is 11.4. The molecule has 0 unspecified atom stereocenters. The van der Waals surface area contributed by atoms with Gasteiger partial charge in [0.15, 0.2) is 17.5 Å². The summed E-state index contributed by atoms with van der Waals surface area (Å²) in [6, 6.07) is 11.4. The highest BCUT2D eigenvalue weighted by molar-refractivity contribution is 5.78. The number of aliphatic imine (C=N–C) groups is 1. The van der Waals surface area contributed by atoms with Crippen LogP contribution in [-0.2, 0) is 6.54 Å². The fourth-order valence-corrected chi connectivity index (χ4v) is 2.88. The largest absolute Gasteiger partial charge is 0.490 e. The molecule has 1 aromatic carbocycles. The van der Waals surface area contributed by atoms with Crippen LogP contribution in [0.15, 0.2) is 47.6 Å². The number of nitrogens with two attached hydrogens (primary N) is 1. The highest BCUT2D eigenvalue weighted by Gasteiger charge is 2.11. The van der Waals surface area contributed by atoms with Crippen molar-refractivity contribution in [3.8, 4) is 17.4 Å². The summed E-state index contributed by atoms with van der Waals surface area (Å²) in [6.45, 7) is 5.05. The molecule has 2 N–H and O–H groups in total. The van der Waals surface area contributed by atoms with Gasteiger partial charge in [0.25, 0.3) is 0 Å². The van der Waals surface area contributed by atoms with E-state index in [1.807, 2.05) is 43.3 Å². The Kier molecular flexibility index (Phi) is 6.30. The van der Waals surface area contributed by atoms with E-state index in [1.165, 1.54) is 19.3 Å². The summed E-state index contributed by atoms with van der Waals surface area (Å²) in [7, 11) is 0. The average Bonchev–Trinajstić information content (AvgIpc) is 2.69. The number of hydrogen-bond acceptors (Lipinski definition) is 4. The zero-order valence-electron chi connectivity index (χ0n) is 15.2. The third kappa shape index (κ3) is 4.88. The maximum absolute atomic E-state index is 6.09. The van der Waals surface area contributed by atoms with E-state index in [9.17, 15) is 0 Å². The van der Waals surface area contributed by atoms with Crippen LogP contribution in [0.25, 0.3) is 0 Å². The van der Waals surface area contributed by atoms with Crippen LogP contribution < -0.4 is 15.2 Å². The lowest BCUT2D eigenvalue weighted by Gasteiger charge is -2.27. The smallest absolute Gasteiger partial charge is 0.219 e. The highest BCUT2D eigenvalue weighted by atomic mass is 16.5. The summed E-state index contributed by atoms with van der Waals surface area (Å²) in [5.41, 5.74) is 7.09. The zero-order chi connectivity index (χ0) is 18.2. The molecular formula is C20H26N4O2. The predicted octanol–water partition coefficient (Wildman–Crippen LogP) is 3.57. The summed E-state index contributed by atoms with van der Waals surface area (Å²) in [4.78, 5) is 11.0. The summed E-state index contributed by atoms with van der Waals surface area (Å²) >= 11 is 0. The number of pyridine rings is 1. The Hall–Kier alpha value is -2.76. The lowest BCUT2D eigenvalue weighted by atomic mass is 10.1. The molecular weight excluding hydrogens is 328 g/mol. The van der Waals surface area contributed by atoms with Gasteiger partial charge in [-0.3, -0.25) is 0 Å². The molecule has 6 nitrogen and oxygen atoms in total. The normalized spacial score (nSPS) is 15.0. The zero-order valence-corrected chi connectivity index (χ0v) is 15.2. The van der Waals surface area contributed by atoms with Gasteiger partial charge in [-0.25, -0.2) is 9.98 Å². The molecule has 0 atom stereocenters. The van der Waals surface area contributed by atoms with Crippen molar-refractivity contribution in [1.29, 1.82) is 0 Å². The number of nitrogens with zero attached hydrogens (tertiary/aromatic N) is 3. The van der Waals surface area contributed by atoms with Crippen molar-refractivity contribution in [3.05, 3.63) is 48.2 Å². The van der Waals surface area contributed by atoms with E-state index in [4.69, 9.17) is 15.2 Å². The molecule has 2 aromatic rings. The first-order chi connectivity index (χ1) is 12.8. The van der Waals surface area contributed by atoms with Crippen molar-refractivity contribution < 1.29 is 9.47 Å². The maximum Gasteiger partial charge on any atom is 0.219 e. The predicted molar refractivity (Wildman–Crippen MR) is 103 cm³/mol. The van der Waals surface area contributed by atoms with Gasteiger partial charge in [-0.1, -0.05) is 18.2 Å². The molecule has 0 amide bonds. The SMILES string of the molecule is CCOc1ccccc1Oc1ccc(CN=C(N)N2CCCCC2)cn1. The summed E-state index contributed by atoms with van der Waals surface area (Å²) in [6.07, 6.45) is 5.42. The number of piperidine rings is 1. The van der Waals surface area contributed by atoms with Gasteiger partial charge in [0.05, 0.1) is 13.2 Å². The monoisotopic (exact) mass is 354 g/mol. The number of para-hydroxylation sites is 2. The lowest BCUT2D eigenvalue weighted by molar-refractivity contribution is 0.319. The molecule has 1 aliphatic heterocycles. The molecule has 6 heteroatoms. The van der Waals surface area contributed by atoms with E-state index in [-0.39, 0.29) is 0 Å². The second kappa shape index (κ2) is 9.08. The Labute approximate surface area is 154 Å². The molecule has 138 valence electrons. The first kappa shape index (κ1) is 18.0.